The highest BCUT2D eigenvalue weighted by Gasteiger charge is 2.43. The third kappa shape index (κ3) is 4.75. The second kappa shape index (κ2) is 8.39. The molecule has 0 radical (unpaired) electrons. The number of carbonyl (C=O) groups is 1. The van der Waals surface area contributed by atoms with Gasteiger partial charge in [0.05, 0.1) is 5.92 Å². The second-order valence-electron chi connectivity index (χ2n) is 8.35. The van der Waals surface area contributed by atoms with Gasteiger partial charge in [0.15, 0.2) is 5.65 Å². The van der Waals surface area contributed by atoms with Crippen molar-refractivity contribution >= 4 is 17.4 Å². The van der Waals surface area contributed by atoms with E-state index in [9.17, 15) is 31.1 Å². The lowest BCUT2D eigenvalue weighted by Crippen LogP contribution is -2.46. The standard InChI is InChI=1S/C19H22F6N6O/c20-18(21,22)12-2-1-3-13(10-12)26-16(32)11-6-8-30(9-7-11)15-5-4-14-27-28-17(19(23,24)25)31(14)29-15/h4-5,11-13H,1-3,6-10H2,(H,26,32). The third-order valence-electron chi connectivity index (χ3n) is 6.18. The van der Waals surface area contributed by atoms with Crippen LogP contribution in [0.15, 0.2) is 12.1 Å². The van der Waals surface area contributed by atoms with Crippen molar-refractivity contribution in [3.8, 4) is 0 Å². The number of hydrogen-bond acceptors (Lipinski definition) is 5. The van der Waals surface area contributed by atoms with Gasteiger partial charge in [-0.2, -0.15) is 30.9 Å². The Morgan fingerprint density at radius 1 is 1.00 bits per heavy atom. The molecule has 32 heavy (non-hydrogen) atoms. The molecule has 1 saturated heterocycles. The smallest absolute Gasteiger partial charge is 0.355 e. The molecule has 0 bridgehead atoms. The molecule has 176 valence electrons. The fraction of sp³-hybridized carbons (Fsp3) is 0.684. The van der Waals surface area contributed by atoms with Crippen molar-refractivity contribution in [2.24, 2.45) is 11.8 Å². The van der Waals surface area contributed by atoms with Crippen LogP contribution in [-0.2, 0) is 11.0 Å². The summed E-state index contributed by atoms with van der Waals surface area (Å²) < 4.78 is 78.8. The number of anilines is 1. The predicted molar refractivity (Wildman–Crippen MR) is 101 cm³/mol. The molecule has 13 heteroatoms. The van der Waals surface area contributed by atoms with E-state index in [0.717, 1.165) is 0 Å². The highest BCUT2D eigenvalue weighted by molar-refractivity contribution is 5.79. The summed E-state index contributed by atoms with van der Waals surface area (Å²) in [5, 5.41) is 13.4. The zero-order valence-corrected chi connectivity index (χ0v) is 17.0. The molecule has 2 aromatic heterocycles. The van der Waals surface area contributed by atoms with Crippen molar-refractivity contribution in [3.63, 3.8) is 0 Å². The van der Waals surface area contributed by atoms with Crippen molar-refractivity contribution < 1.29 is 31.1 Å². The summed E-state index contributed by atoms with van der Waals surface area (Å²) in [6, 6.07) is 2.45. The van der Waals surface area contributed by atoms with Crippen LogP contribution in [0, 0.1) is 11.8 Å². The van der Waals surface area contributed by atoms with E-state index in [1.165, 1.54) is 6.07 Å². The van der Waals surface area contributed by atoms with Gasteiger partial charge in [-0.1, -0.05) is 6.42 Å². The van der Waals surface area contributed by atoms with E-state index in [4.69, 9.17) is 0 Å². The monoisotopic (exact) mass is 464 g/mol. The van der Waals surface area contributed by atoms with E-state index in [-0.39, 0.29) is 30.3 Å². The van der Waals surface area contributed by atoms with Gasteiger partial charge in [0.2, 0.25) is 5.91 Å². The van der Waals surface area contributed by atoms with E-state index in [0.29, 0.717) is 49.1 Å². The average Bonchev–Trinajstić information content (AvgIpc) is 3.17. The summed E-state index contributed by atoms with van der Waals surface area (Å²) in [6.45, 7) is 0.770. The molecule has 3 heterocycles. The minimum absolute atomic E-state index is 0.0278. The van der Waals surface area contributed by atoms with Crippen LogP contribution in [0.5, 0.6) is 0 Å². The summed E-state index contributed by atoms with van der Waals surface area (Å²) in [7, 11) is 0. The Morgan fingerprint density at radius 2 is 1.72 bits per heavy atom. The molecule has 2 aliphatic rings. The Bertz CT molecular complexity index is 965. The van der Waals surface area contributed by atoms with Gasteiger partial charge in [-0.25, -0.2) is 0 Å². The normalized spacial score (nSPS) is 23.5. The molecule has 7 nitrogen and oxygen atoms in total. The Labute approximate surface area is 179 Å². The number of nitrogens with one attached hydrogen (secondary N) is 1. The lowest BCUT2D eigenvalue weighted by Gasteiger charge is -2.34. The number of aromatic nitrogens is 4. The van der Waals surface area contributed by atoms with Crippen LogP contribution in [-0.4, -0.2) is 51.0 Å². The van der Waals surface area contributed by atoms with E-state index < -0.39 is 30.1 Å². The minimum Gasteiger partial charge on any atom is -0.355 e. The van der Waals surface area contributed by atoms with E-state index in [2.05, 4.69) is 20.6 Å². The molecule has 1 aliphatic heterocycles. The molecule has 1 saturated carbocycles. The maximum absolute atomic E-state index is 13.1. The SMILES string of the molecule is O=C(NC1CCCC(C(F)(F)F)C1)C1CCN(c2ccc3nnc(C(F)(F)F)n3n2)CC1. The first-order valence-corrected chi connectivity index (χ1v) is 10.4. The minimum atomic E-state index is -4.69. The Hall–Kier alpha value is -2.60. The largest absolute Gasteiger partial charge is 0.453 e. The highest BCUT2D eigenvalue weighted by Crippen LogP contribution is 2.37. The number of carbonyl (C=O) groups excluding carboxylic acids is 1. The maximum atomic E-state index is 13.1. The summed E-state index contributed by atoms with van der Waals surface area (Å²) in [5.74, 6) is -2.92. The maximum Gasteiger partial charge on any atom is 0.453 e. The van der Waals surface area contributed by atoms with Crippen molar-refractivity contribution in [1.82, 2.24) is 25.1 Å². The molecule has 1 amide bonds. The van der Waals surface area contributed by atoms with Gasteiger partial charge in [-0.3, -0.25) is 4.79 Å². The van der Waals surface area contributed by atoms with Gasteiger partial charge < -0.3 is 10.2 Å². The first-order valence-electron chi connectivity index (χ1n) is 10.4. The molecule has 2 aromatic rings. The van der Waals surface area contributed by atoms with Crippen LogP contribution in [0.25, 0.3) is 5.65 Å². The van der Waals surface area contributed by atoms with Crippen LogP contribution in [0.4, 0.5) is 32.2 Å². The van der Waals surface area contributed by atoms with Crippen molar-refractivity contribution in [3.05, 3.63) is 18.0 Å². The first kappa shape index (κ1) is 22.6. The fourth-order valence-electron chi connectivity index (χ4n) is 4.43. The quantitative estimate of drug-likeness (QED) is 0.703. The number of alkyl halides is 6. The Morgan fingerprint density at radius 3 is 2.38 bits per heavy atom. The molecule has 4 rings (SSSR count). The van der Waals surface area contributed by atoms with E-state index in [1.807, 2.05) is 0 Å². The zero-order chi connectivity index (χ0) is 23.1. The molecule has 2 atom stereocenters. The number of hydrogen-bond donors (Lipinski definition) is 1. The fourth-order valence-corrected chi connectivity index (χ4v) is 4.43. The zero-order valence-electron chi connectivity index (χ0n) is 17.0. The van der Waals surface area contributed by atoms with Crippen molar-refractivity contribution in [2.75, 3.05) is 18.0 Å². The predicted octanol–water partition coefficient (Wildman–Crippen LogP) is 3.60. The van der Waals surface area contributed by atoms with Crippen LogP contribution in [0.3, 0.4) is 0 Å². The van der Waals surface area contributed by atoms with Gasteiger partial charge in [-0.05, 0) is 44.2 Å². The summed E-state index contributed by atoms with van der Waals surface area (Å²) in [6.07, 6.45) is -7.15. The Kier molecular flexibility index (Phi) is 5.93. The number of amides is 1. The molecule has 1 aliphatic carbocycles. The van der Waals surface area contributed by atoms with Crippen LogP contribution in [0.1, 0.15) is 44.3 Å². The third-order valence-corrected chi connectivity index (χ3v) is 6.18. The topological polar surface area (TPSA) is 75.4 Å². The first-order chi connectivity index (χ1) is 15.0. The number of piperidine rings is 1. The average molecular weight is 464 g/mol. The van der Waals surface area contributed by atoms with E-state index >= 15 is 0 Å². The van der Waals surface area contributed by atoms with E-state index in [1.54, 1.807) is 11.0 Å². The van der Waals surface area contributed by atoms with Gasteiger partial charge in [0, 0.05) is 25.0 Å². The molecular formula is C19H22F6N6O. The molecule has 1 N–H and O–H groups in total. The summed E-state index contributed by atoms with van der Waals surface area (Å²) in [5.41, 5.74) is -0.0278. The number of halogens is 6. The molecule has 2 fully saturated rings. The van der Waals surface area contributed by atoms with Gasteiger partial charge in [0.25, 0.3) is 5.82 Å². The highest BCUT2D eigenvalue weighted by atomic mass is 19.4. The lowest BCUT2D eigenvalue weighted by atomic mass is 9.84. The molecule has 0 aromatic carbocycles. The summed E-state index contributed by atoms with van der Waals surface area (Å²) in [4.78, 5) is 14.4. The van der Waals surface area contributed by atoms with Crippen molar-refractivity contribution in [2.45, 2.75) is 56.9 Å². The van der Waals surface area contributed by atoms with Crippen LogP contribution in [0.2, 0.25) is 0 Å². The van der Waals surface area contributed by atoms with Gasteiger partial charge >= 0.3 is 12.4 Å². The second-order valence-corrected chi connectivity index (χ2v) is 8.35. The summed E-state index contributed by atoms with van der Waals surface area (Å²) >= 11 is 0. The van der Waals surface area contributed by atoms with Crippen molar-refractivity contribution in [1.29, 1.82) is 0 Å². The van der Waals surface area contributed by atoms with Crippen LogP contribution < -0.4 is 10.2 Å². The number of fused-ring (bicyclic) bond motifs is 1. The molecular weight excluding hydrogens is 442 g/mol. The lowest BCUT2D eigenvalue weighted by molar-refractivity contribution is -0.184. The number of nitrogens with zero attached hydrogens (tertiary/aromatic N) is 5. The molecule has 0 spiro atoms. The van der Waals surface area contributed by atoms with Gasteiger partial charge in [-0.15, -0.1) is 15.3 Å². The number of rotatable bonds is 3. The Balaban J connectivity index is 1.35. The van der Waals surface area contributed by atoms with Crippen LogP contribution >= 0.6 is 0 Å². The molecule has 2 unspecified atom stereocenters. The van der Waals surface area contributed by atoms with Gasteiger partial charge in [0.1, 0.15) is 5.82 Å².